The molecule has 0 radical (unpaired) electrons. The highest BCUT2D eigenvalue weighted by Crippen LogP contribution is 2.35. The van der Waals surface area contributed by atoms with Crippen LogP contribution in [0.4, 0.5) is 11.4 Å². The molecule has 2 fully saturated rings. The Morgan fingerprint density at radius 1 is 1.28 bits per heavy atom. The highest BCUT2D eigenvalue weighted by atomic mass is 16.5. The van der Waals surface area contributed by atoms with Crippen LogP contribution in [-0.4, -0.2) is 40.3 Å². The number of piperidine rings is 1. The first-order chi connectivity index (χ1) is 13.9. The number of aliphatic hydroxyl groups excluding tert-OH is 1. The summed E-state index contributed by atoms with van der Waals surface area (Å²) in [5.74, 6) is 0.385. The van der Waals surface area contributed by atoms with Gasteiger partial charge in [0.05, 0.1) is 23.2 Å². The number of rotatable bonds is 5. The summed E-state index contributed by atoms with van der Waals surface area (Å²) < 4.78 is 5.28. The van der Waals surface area contributed by atoms with Gasteiger partial charge in [-0.25, -0.2) is 0 Å². The van der Waals surface area contributed by atoms with E-state index in [-0.39, 0.29) is 24.0 Å². The Labute approximate surface area is 169 Å². The molecule has 1 aromatic heterocycles. The van der Waals surface area contributed by atoms with Crippen LogP contribution in [0.1, 0.15) is 43.6 Å². The molecule has 8 heteroatoms. The van der Waals surface area contributed by atoms with E-state index in [9.17, 15) is 14.7 Å². The molecule has 1 unspecified atom stereocenters. The van der Waals surface area contributed by atoms with Crippen LogP contribution in [0.5, 0.6) is 0 Å². The van der Waals surface area contributed by atoms with Crippen molar-refractivity contribution in [3.63, 3.8) is 0 Å². The minimum atomic E-state index is -0.530. The normalized spacial score (nSPS) is 23.8. The van der Waals surface area contributed by atoms with Crippen molar-refractivity contribution in [1.29, 1.82) is 0 Å². The SMILES string of the molecule is Cc1noc(C)c1-c1ccc(N[C@H]2C[C@H](O)C2)c(NC(=O)C2CCCC(=O)N2)c1. The maximum atomic E-state index is 12.8. The van der Waals surface area contributed by atoms with Crippen molar-refractivity contribution in [3.8, 4) is 11.1 Å². The zero-order valence-corrected chi connectivity index (χ0v) is 16.6. The van der Waals surface area contributed by atoms with E-state index < -0.39 is 6.04 Å². The number of hydrogen-bond donors (Lipinski definition) is 4. The lowest BCUT2D eigenvalue weighted by Gasteiger charge is -2.33. The average Bonchev–Trinajstić information content (AvgIpc) is 3.00. The minimum absolute atomic E-state index is 0.0947. The predicted octanol–water partition coefficient (Wildman–Crippen LogP) is 2.50. The Morgan fingerprint density at radius 2 is 2.07 bits per heavy atom. The summed E-state index contributed by atoms with van der Waals surface area (Å²) in [6, 6.07) is 5.41. The van der Waals surface area contributed by atoms with E-state index in [0.29, 0.717) is 43.6 Å². The van der Waals surface area contributed by atoms with Crippen LogP contribution in [0.3, 0.4) is 0 Å². The van der Waals surface area contributed by atoms with Crippen LogP contribution in [0, 0.1) is 13.8 Å². The zero-order chi connectivity index (χ0) is 20.5. The summed E-state index contributed by atoms with van der Waals surface area (Å²) in [5.41, 5.74) is 3.99. The number of hydrogen-bond acceptors (Lipinski definition) is 6. The molecule has 0 spiro atoms. The summed E-state index contributed by atoms with van der Waals surface area (Å²) in [7, 11) is 0. The topological polar surface area (TPSA) is 116 Å². The first-order valence-corrected chi connectivity index (χ1v) is 10.0. The van der Waals surface area contributed by atoms with Crippen molar-refractivity contribution in [1.82, 2.24) is 10.5 Å². The summed E-state index contributed by atoms with van der Waals surface area (Å²) in [4.78, 5) is 24.5. The highest BCUT2D eigenvalue weighted by molar-refractivity contribution is 6.00. The van der Waals surface area contributed by atoms with Crippen molar-refractivity contribution < 1.29 is 19.2 Å². The van der Waals surface area contributed by atoms with Crippen LogP contribution in [0.15, 0.2) is 22.7 Å². The molecule has 4 N–H and O–H groups in total. The fourth-order valence-electron chi connectivity index (χ4n) is 3.97. The average molecular weight is 398 g/mol. The monoisotopic (exact) mass is 398 g/mol. The van der Waals surface area contributed by atoms with Gasteiger partial charge in [-0.15, -0.1) is 0 Å². The molecule has 1 aromatic carbocycles. The number of carbonyl (C=O) groups is 2. The second-order valence-electron chi connectivity index (χ2n) is 7.93. The Bertz CT molecular complexity index is 913. The minimum Gasteiger partial charge on any atom is -0.393 e. The van der Waals surface area contributed by atoms with Crippen molar-refractivity contribution in [3.05, 3.63) is 29.7 Å². The van der Waals surface area contributed by atoms with Gasteiger partial charge in [0.15, 0.2) is 0 Å². The number of amides is 2. The molecule has 4 rings (SSSR count). The first kappa shape index (κ1) is 19.4. The molecule has 8 nitrogen and oxygen atoms in total. The van der Waals surface area contributed by atoms with E-state index >= 15 is 0 Å². The van der Waals surface area contributed by atoms with Gasteiger partial charge in [-0.1, -0.05) is 11.2 Å². The Morgan fingerprint density at radius 3 is 2.72 bits per heavy atom. The van der Waals surface area contributed by atoms with Gasteiger partial charge >= 0.3 is 0 Å². The predicted molar refractivity (Wildman–Crippen MR) is 108 cm³/mol. The van der Waals surface area contributed by atoms with Crippen LogP contribution in [0.2, 0.25) is 0 Å². The molecule has 1 aliphatic carbocycles. The number of benzene rings is 1. The maximum absolute atomic E-state index is 12.8. The fraction of sp³-hybridized carbons (Fsp3) is 0.476. The van der Waals surface area contributed by atoms with Gasteiger partial charge in [0.2, 0.25) is 11.8 Å². The van der Waals surface area contributed by atoms with Crippen molar-refractivity contribution in [2.75, 3.05) is 10.6 Å². The molecule has 1 saturated carbocycles. The van der Waals surface area contributed by atoms with Gasteiger partial charge in [0.25, 0.3) is 0 Å². The van der Waals surface area contributed by atoms with Crippen molar-refractivity contribution in [2.24, 2.45) is 0 Å². The van der Waals surface area contributed by atoms with Gasteiger partial charge < -0.3 is 25.6 Å². The molecular formula is C21H26N4O4. The third-order valence-corrected chi connectivity index (χ3v) is 5.62. The molecule has 29 heavy (non-hydrogen) atoms. The summed E-state index contributed by atoms with van der Waals surface area (Å²) in [6.45, 7) is 3.73. The third-order valence-electron chi connectivity index (χ3n) is 5.62. The molecule has 1 aliphatic heterocycles. The van der Waals surface area contributed by atoms with Crippen LogP contribution < -0.4 is 16.0 Å². The van der Waals surface area contributed by atoms with Crippen LogP contribution in [-0.2, 0) is 9.59 Å². The number of anilines is 2. The van der Waals surface area contributed by atoms with Gasteiger partial charge in [0, 0.05) is 18.0 Å². The molecule has 2 heterocycles. The van der Waals surface area contributed by atoms with E-state index in [1.807, 2.05) is 32.0 Å². The molecule has 2 amide bonds. The summed E-state index contributed by atoms with van der Waals surface area (Å²) in [5, 5.41) is 22.7. The Hall–Kier alpha value is -2.87. The smallest absolute Gasteiger partial charge is 0.247 e. The van der Waals surface area contributed by atoms with E-state index in [0.717, 1.165) is 22.5 Å². The maximum Gasteiger partial charge on any atom is 0.247 e. The molecular weight excluding hydrogens is 372 g/mol. The molecule has 0 bridgehead atoms. The van der Waals surface area contributed by atoms with Crippen molar-refractivity contribution >= 4 is 23.2 Å². The molecule has 2 aromatic rings. The lowest BCUT2D eigenvalue weighted by atomic mass is 9.89. The molecule has 1 atom stereocenters. The van der Waals surface area contributed by atoms with Gasteiger partial charge in [-0.05, 0) is 57.2 Å². The van der Waals surface area contributed by atoms with Gasteiger partial charge in [0.1, 0.15) is 11.8 Å². The number of aromatic nitrogens is 1. The highest BCUT2D eigenvalue weighted by Gasteiger charge is 2.29. The molecule has 2 aliphatic rings. The summed E-state index contributed by atoms with van der Waals surface area (Å²) in [6.07, 6.45) is 2.87. The quantitative estimate of drug-likeness (QED) is 0.615. The lowest BCUT2D eigenvalue weighted by molar-refractivity contribution is -0.128. The van der Waals surface area contributed by atoms with E-state index in [1.165, 1.54) is 0 Å². The standard InChI is InChI=1S/C21H26N4O4/c1-11-20(12(2)29-25-11)13-6-7-16(22-14-9-15(26)10-14)18(8-13)24-21(28)17-4-3-5-19(27)23-17/h6-8,14-15,17,22,26H,3-5,9-10H2,1-2H3,(H,23,27)(H,24,28)/t14-,15-,17?. The number of aliphatic hydroxyl groups is 1. The van der Waals surface area contributed by atoms with Crippen LogP contribution >= 0.6 is 0 Å². The number of aryl methyl sites for hydroxylation is 2. The van der Waals surface area contributed by atoms with E-state index in [1.54, 1.807) is 0 Å². The number of nitrogens with one attached hydrogen (secondary N) is 3. The second-order valence-corrected chi connectivity index (χ2v) is 7.93. The molecule has 154 valence electrons. The van der Waals surface area contributed by atoms with Crippen LogP contribution in [0.25, 0.3) is 11.1 Å². The Kier molecular flexibility index (Phi) is 5.27. The van der Waals surface area contributed by atoms with E-state index in [2.05, 4.69) is 21.1 Å². The second kappa shape index (κ2) is 7.87. The first-order valence-electron chi connectivity index (χ1n) is 10.0. The third kappa shape index (κ3) is 4.12. The largest absolute Gasteiger partial charge is 0.393 e. The van der Waals surface area contributed by atoms with Gasteiger partial charge in [-0.2, -0.15) is 0 Å². The summed E-state index contributed by atoms with van der Waals surface area (Å²) >= 11 is 0. The molecule has 1 saturated heterocycles. The lowest BCUT2D eigenvalue weighted by Crippen LogP contribution is -2.46. The fourth-order valence-corrected chi connectivity index (χ4v) is 3.97. The van der Waals surface area contributed by atoms with Crippen molar-refractivity contribution in [2.45, 2.75) is 64.1 Å². The number of carbonyl (C=O) groups excluding carboxylic acids is 2. The number of nitrogens with zero attached hydrogens (tertiary/aromatic N) is 1. The zero-order valence-electron chi connectivity index (χ0n) is 16.6. The Balaban J connectivity index is 1.61. The van der Waals surface area contributed by atoms with E-state index in [4.69, 9.17) is 4.52 Å². The van der Waals surface area contributed by atoms with Gasteiger partial charge in [-0.3, -0.25) is 9.59 Å².